The fourth-order valence-corrected chi connectivity index (χ4v) is 3.67. The third-order valence-corrected chi connectivity index (χ3v) is 4.94. The van der Waals surface area contributed by atoms with Crippen LogP contribution >= 0.6 is 11.6 Å². The quantitative estimate of drug-likeness (QED) is 0.893. The number of carboxylic acids is 1. The lowest BCUT2D eigenvalue weighted by molar-refractivity contribution is 0.0697. The van der Waals surface area contributed by atoms with Gasteiger partial charge in [-0.3, -0.25) is 4.72 Å². The van der Waals surface area contributed by atoms with E-state index in [1.54, 1.807) is 19.1 Å². The topological polar surface area (TPSA) is 83.5 Å². The van der Waals surface area contributed by atoms with Crippen LogP contribution in [0.5, 0.6) is 0 Å². The van der Waals surface area contributed by atoms with E-state index in [9.17, 15) is 13.2 Å². The van der Waals surface area contributed by atoms with Gasteiger partial charge in [-0.2, -0.15) is 0 Å². The zero-order valence-corrected chi connectivity index (χ0v) is 13.5. The third-order valence-electron chi connectivity index (χ3n) is 3.09. The molecule has 0 fully saturated rings. The minimum absolute atomic E-state index is 0.0264. The fraction of sp³-hybridized carbons (Fsp3) is 0.133. The second-order valence-electron chi connectivity index (χ2n) is 4.87. The van der Waals surface area contributed by atoms with Gasteiger partial charge in [0.25, 0.3) is 10.0 Å². The largest absolute Gasteiger partial charge is 0.478 e. The third kappa shape index (κ3) is 3.40. The van der Waals surface area contributed by atoms with Gasteiger partial charge in [-0.25, -0.2) is 13.2 Å². The van der Waals surface area contributed by atoms with Gasteiger partial charge in [-0.05, 0) is 55.3 Å². The van der Waals surface area contributed by atoms with E-state index in [4.69, 9.17) is 16.7 Å². The number of benzene rings is 2. The molecule has 7 heteroatoms. The van der Waals surface area contributed by atoms with E-state index in [1.165, 1.54) is 24.3 Å². The Balaban J connectivity index is 2.39. The van der Waals surface area contributed by atoms with Crippen molar-refractivity contribution < 1.29 is 18.3 Å². The molecule has 116 valence electrons. The summed E-state index contributed by atoms with van der Waals surface area (Å²) in [6, 6.07) is 8.80. The molecular weight excluding hydrogens is 326 g/mol. The van der Waals surface area contributed by atoms with Crippen molar-refractivity contribution in [2.75, 3.05) is 4.72 Å². The first kappa shape index (κ1) is 16.3. The van der Waals surface area contributed by atoms with Crippen LogP contribution in [-0.2, 0) is 10.0 Å². The molecule has 0 aromatic heterocycles. The molecule has 0 amide bonds. The Bertz CT molecular complexity index is 847. The molecule has 0 aliphatic rings. The molecule has 0 heterocycles. The molecule has 5 nitrogen and oxygen atoms in total. The van der Waals surface area contributed by atoms with E-state index in [-0.39, 0.29) is 15.5 Å². The molecule has 0 saturated carbocycles. The van der Waals surface area contributed by atoms with Gasteiger partial charge in [0.15, 0.2) is 0 Å². The Morgan fingerprint density at radius 1 is 1.14 bits per heavy atom. The maximum Gasteiger partial charge on any atom is 0.335 e. The smallest absolute Gasteiger partial charge is 0.335 e. The molecule has 0 aliphatic heterocycles. The van der Waals surface area contributed by atoms with E-state index >= 15 is 0 Å². The van der Waals surface area contributed by atoms with Crippen molar-refractivity contribution in [1.29, 1.82) is 0 Å². The number of aromatic carboxylic acids is 1. The normalized spacial score (nSPS) is 11.2. The molecule has 2 aromatic rings. The first-order valence-electron chi connectivity index (χ1n) is 6.33. The summed E-state index contributed by atoms with van der Waals surface area (Å²) in [4.78, 5) is 10.9. The predicted octanol–water partition coefficient (Wildman–Crippen LogP) is 3.46. The summed E-state index contributed by atoms with van der Waals surface area (Å²) in [5.41, 5.74) is 1.76. The van der Waals surface area contributed by atoms with Crippen LogP contribution in [-0.4, -0.2) is 19.5 Å². The first-order valence-corrected chi connectivity index (χ1v) is 8.20. The van der Waals surface area contributed by atoms with E-state index < -0.39 is 16.0 Å². The van der Waals surface area contributed by atoms with Crippen molar-refractivity contribution in [3.05, 3.63) is 58.1 Å². The second-order valence-corrected chi connectivity index (χ2v) is 6.93. The van der Waals surface area contributed by atoms with Gasteiger partial charge in [0.2, 0.25) is 0 Å². The van der Waals surface area contributed by atoms with Crippen LogP contribution in [0.3, 0.4) is 0 Å². The van der Waals surface area contributed by atoms with Gasteiger partial charge >= 0.3 is 5.97 Å². The Kier molecular flexibility index (Phi) is 4.44. The lowest BCUT2D eigenvalue weighted by atomic mass is 10.1. The SMILES string of the molecule is Cc1ccc(S(=O)(=O)Nc2ccc(C(=O)O)cc2C)c(Cl)c1. The summed E-state index contributed by atoms with van der Waals surface area (Å²) in [7, 11) is -3.85. The number of halogens is 1. The minimum atomic E-state index is -3.85. The maximum atomic E-state index is 12.4. The van der Waals surface area contributed by atoms with Crippen molar-refractivity contribution in [3.8, 4) is 0 Å². The molecule has 0 bridgehead atoms. The van der Waals surface area contributed by atoms with Crippen molar-refractivity contribution in [1.82, 2.24) is 0 Å². The van der Waals surface area contributed by atoms with Crippen LogP contribution in [0.4, 0.5) is 5.69 Å². The predicted molar refractivity (Wildman–Crippen MR) is 85.1 cm³/mol. The molecule has 2 aromatic carbocycles. The number of hydrogen-bond donors (Lipinski definition) is 2. The second kappa shape index (κ2) is 5.98. The van der Waals surface area contributed by atoms with Crippen molar-refractivity contribution in [2.45, 2.75) is 18.7 Å². The lowest BCUT2D eigenvalue weighted by Crippen LogP contribution is -2.14. The molecule has 2 N–H and O–H groups in total. The molecule has 0 atom stereocenters. The van der Waals surface area contributed by atoms with Crippen LogP contribution in [0, 0.1) is 13.8 Å². The number of aryl methyl sites for hydroxylation is 2. The van der Waals surface area contributed by atoms with Crippen LogP contribution in [0.1, 0.15) is 21.5 Å². The van der Waals surface area contributed by atoms with Gasteiger partial charge in [-0.1, -0.05) is 17.7 Å². The zero-order chi connectivity index (χ0) is 16.5. The van der Waals surface area contributed by atoms with Gasteiger partial charge in [0.05, 0.1) is 16.3 Å². The average Bonchev–Trinajstić information content (AvgIpc) is 2.40. The van der Waals surface area contributed by atoms with Crippen LogP contribution < -0.4 is 4.72 Å². The lowest BCUT2D eigenvalue weighted by Gasteiger charge is -2.12. The summed E-state index contributed by atoms with van der Waals surface area (Å²) in [6.07, 6.45) is 0. The summed E-state index contributed by atoms with van der Waals surface area (Å²) in [5, 5.41) is 9.05. The molecular formula is C15H14ClNO4S. The van der Waals surface area contributed by atoms with Crippen molar-refractivity contribution in [2.24, 2.45) is 0 Å². The summed E-state index contributed by atoms with van der Waals surface area (Å²) < 4.78 is 27.2. The number of nitrogens with one attached hydrogen (secondary N) is 1. The summed E-state index contributed by atoms with van der Waals surface area (Å²) in [5.74, 6) is -1.07. The van der Waals surface area contributed by atoms with Gasteiger partial charge < -0.3 is 5.11 Å². The average molecular weight is 340 g/mol. The fourth-order valence-electron chi connectivity index (χ4n) is 1.93. The Hall–Kier alpha value is -2.05. The molecule has 2 rings (SSSR count). The molecule has 22 heavy (non-hydrogen) atoms. The van der Waals surface area contributed by atoms with E-state index in [2.05, 4.69) is 4.72 Å². The molecule has 0 saturated heterocycles. The molecule has 0 aliphatic carbocycles. The van der Waals surface area contributed by atoms with Crippen molar-refractivity contribution in [3.63, 3.8) is 0 Å². The van der Waals surface area contributed by atoms with Crippen LogP contribution in [0.15, 0.2) is 41.3 Å². The van der Waals surface area contributed by atoms with E-state index in [0.29, 0.717) is 11.3 Å². The maximum absolute atomic E-state index is 12.4. The summed E-state index contributed by atoms with van der Waals surface area (Å²) in [6.45, 7) is 3.44. The number of sulfonamides is 1. The number of carboxylic acid groups (broad SMARTS) is 1. The van der Waals surface area contributed by atoms with Gasteiger partial charge in [0, 0.05) is 0 Å². The molecule has 0 radical (unpaired) electrons. The Morgan fingerprint density at radius 3 is 2.36 bits per heavy atom. The minimum Gasteiger partial charge on any atom is -0.478 e. The highest BCUT2D eigenvalue weighted by Gasteiger charge is 2.19. The van der Waals surface area contributed by atoms with Crippen molar-refractivity contribution >= 4 is 33.3 Å². The number of carbonyl (C=O) groups is 1. The van der Waals surface area contributed by atoms with E-state index in [1.807, 2.05) is 6.92 Å². The van der Waals surface area contributed by atoms with Crippen LogP contribution in [0.25, 0.3) is 0 Å². The highest BCUT2D eigenvalue weighted by molar-refractivity contribution is 7.92. The Labute approximate surface area is 133 Å². The monoisotopic (exact) mass is 339 g/mol. The molecule has 0 unspecified atom stereocenters. The highest BCUT2D eigenvalue weighted by Crippen LogP contribution is 2.26. The standard InChI is InChI=1S/C15H14ClNO4S/c1-9-3-6-14(12(16)7-9)22(20,21)17-13-5-4-11(15(18)19)8-10(13)2/h3-8,17H,1-2H3,(H,18,19). The van der Waals surface area contributed by atoms with Gasteiger partial charge in [0.1, 0.15) is 4.90 Å². The van der Waals surface area contributed by atoms with E-state index in [0.717, 1.165) is 5.56 Å². The first-order chi connectivity index (χ1) is 10.2. The summed E-state index contributed by atoms with van der Waals surface area (Å²) >= 11 is 5.99. The Morgan fingerprint density at radius 2 is 1.82 bits per heavy atom. The zero-order valence-electron chi connectivity index (χ0n) is 11.9. The number of hydrogen-bond acceptors (Lipinski definition) is 3. The molecule has 0 spiro atoms. The van der Waals surface area contributed by atoms with Crippen LogP contribution in [0.2, 0.25) is 5.02 Å². The number of rotatable bonds is 4. The highest BCUT2D eigenvalue weighted by atomic mass is 35.5. The van der Waals surface area contributed by atoms with Gasteiger partial charge in [-0.15, -0.1) is 0 Å². The number of anilines is 1.